The van der Waals surface area contributed by atoms with Crippen molar-refractivity contribution in [2.24, 2.45) is 0 Å². The zero-order valence-electron chi connectivity index (χ0n) is 16.1. The maximum absolute atomic E-state index is 12.3. The molecule has 0 unspecified atom stereocenters. The van der Waals surface area contributed by atoms with Crippen molar-refractivity contribution in [1.29, 1.82) is 0 Å². The van der Waals surface area contributed by atoms with Gasteiger partial charge in [0.25, 0.3) is 0 Å². The van der Waals surface area contributed by atoms with Crippen LogP contribution < -0.4 is 14.2 Å². The van der Waals surface area contributed by atoms with E-state index in [4.69, 9.17) is 14.6 Å². The number of carboxylic acids is 1. The first-order chi connectivity index (χ1) is 13.7. The van der Waals surface area contributed by atoms with Crippen LogP contribution in [0.2, 0.25) is 0 Å². The highest BCUT2D eigenvalue weighted by Gasteiger charge is 2.21. The van der Waals surface area contributed by atoms with Gasteiger partial charge in [-0.1, -0.05) is 12.1 Å². The first-order valence-electron chi connectivity index (χ1n) is 8.47. The second-order valence-electron chi connectivity index (χ2n) is 6.02. The highest BCUT2D eigenvalue weighted by Crippen LogP contribution is 2.28. The van der Waals surface area contributed by atoms with Gasteiger partial charge >= 0.3 is 5.97 Å². The topological polar surface area (TPSA) is 119 Å². The molecule has 2 aromatic rings. The highest BCUT2D eigenvalue weighted by molar-refractivity contribution is 7.89. The zero-order chi connectivity index (χ0) is 21.6. The number of carbonyl (C=O) groups excluding carboxylic acids is 1. The molecule has 0 fully saturated rings. The largest absolute Gasteiger partial charge is 0.493 e. The van der Waals surface area contributed by atoms with Crippen molar-refractivity contribution in [3.05, 3.63) is 59.7 Å². The number of ketones is 1. The van der Waals surface area contributed by atoms with Gasteiger partial charge in [-0.2, -0.15) is 4.72 Å². The van der Waals surface area contributed by atoms with Crippen LogP contribution >= 0.6 is 0 Å². The van der Waals surface area contributed by atoms with E-state index in [1.54, 1.807) is 24.3 Å². The summed E-state index contributed by atoms with van der Waals surface area (Å²) in [5.74, 6) is -0.519. The summed E-state index contributed by atoms with van der Waals surface area (Å²) in [4.78, 5) is 23.0. The predicted molar refractivity (Wildman–Crippen MR) is 107 cm³/mol. The SMILES string of the molecule is COc1ccc(/C=C/C(=O)c2ccc(S(=O)(=O)N[C@@H](C)C(=O)O)cc2)cc1OC. The minimum absolute atomic E-state index is 0.133. The number of nitrogens with one attached hydrogen (secondary N) is 1. The second-order valence-corrected chi connectivity index (χ2v) is 7.73. The summed E-state index contributed by atoms with van der Waals surface area (Å²) in [5.41, 5.74) is 1.01. The number of ether oxygens (including phenoxy) is 2. The van der Waals surface area contributed by atoms with Crippen molar-refractivity contribution in [2.45, 2.75) is 17.9 Å². The molecule has 0 saturated heterocycles. The fourth-order valence-electron chi connectivity index (χ4n) is 2.37. The van der Waals surface area contributed by atoms with Crippen LogP contribution in [0.4, 0.5) is 0 Å². The molecular formula is C20H21NO7S. The lowest BCUT2D eigenvalue weighted by atomic mass is 10.1. The van der Waals surface area contributed by atoms with Crippen molar-refractivity contribution in [3.8, 4) is 11.5 Å². The van der Waals surface area contributed by atoms with Crippen molar-refractivity contribution in [1.82, 2.24) is 4.72 Å². The van der Waals surface area contributed by atoms with E-state index < -0.39 is 22.0 Å². The van der Waals surface area contributed by atoms with Crippen molar-refractivity contribution in [2.75, 3.05) is 14.2 Å². The zero-order valence-corrected chi connectivity index (χ0v) is 16.9. The monoisotopic (exact) mass is 419 g/mol. The fraction of sp³-hybridized carbons (Fsp3) is 0.200. The van der Waals surface area contributed by atoms with E-state index in [1.165, 1.54) is 51.5 Å². The summed E-state index contributed by atoms with van der Waals surface area (Å²) in [6.07, 6.45) is 2.96. The average Bonchev–Trinajstić information content (AvgIpc) is 2.71. The van der Waals surface area contributed by atoms with E-state index in [9.17, 15) is 18.0 Å². The van der Waals surface area contributed by atoms with Crippen LogP contribution in [0.3, 0.4) is 0 Å². The quantitative estimate of drug-likeness (QED) is 0.473. The van der Waals surface area contributed by atoms with Crippen molar-refractivity contribution in [3.63, 3.8) is 0 Å². The van der Waals surface area contributed by atoms with E-state index in [0.717, 1.165) is 5.56 Å². The predicted octanol–water partition coefficient (Wildman–Crippen LogP) is 2.35. The molecule has 29 heavy (non-hydrogen) atoms. The number of carboxylic acid groups (broad SMARTS) is 1. The summed E-state index contributed by atoms with van der Waals surface area (Å²) in [5, 5.41) is 8.83. The van der Waals surface area contributed by atoms with E-state index in [-0.39, 0.29) is 16.2 Å². The van der Waals surface area contributed by atoms with E-state index in [0.29, 0.717) is 11.5 Å². The van der Waals surface area contributed by atoms with Gasteiger partial charge in [0, 0.05) is 5.56 Å². The van der Waals surface area contributed by atoms with Gasteiger partial charge in [0.15, 0.2) is 17.3 Å². The Labute approximate surface area is 168 Å². The molecule has 0 spiro atoms. The standard InChI is InChI=1S/C20H21NO7S/c1-13(20(23)24)21-29(25,26)16-8-6-15(7-9-16)17(22)10-4-14-5-11-18(27-2)19(12-14)28-3/h4-13,21H,1-3H3,(H,23,24)/b10-4+/t13-/m0/s1. The van der Waals surface area contributed by atoms with Crippen molar-refractivity contribution < 1.29 is 32.6 Å². The van der Waals surface area contributed by atoms with Gasteiger partial charge in [0.2, 0.25) is 10.0 Å². The Hall–Kier alpha value is -3.17. The fourth-order valence-corrected chi connectivity index (χ4v) is 3.57. The number of methoxy groups -OCH3 is 2. The molecule has 1 atom stereocenters. The maximum atomic E-state index is 12.3. The summed E-state index contributed by atoms with van der Waals surface area (Å²) in [6, 6.07) is 9.13. The lowest BCUT2D eigenvalue weighted by Crippen LogP contribution is -2.38. The molecule has 0 aliphatic rings. The van der Waals surface area contributed by atoms with Gasteiger partial charge in [-0.05, 0) is 55.0 Å². The van der Waals surface area contributed by atoms with Gasteiger partial charge in [-0.15, -0.1) is 0 Å². The van der Waals surface area contributed by atoms with E-state index in [2.05, 4.69) is 0 Å². The van der Waals surface area contributed by atoms with Gasteiger partial charge in [0.1, 0.15) is 6.04 Å². The molecule has 0 aliphatic heterocycles. The Bertz CT molecular complexity index is 1030. The molecule has 0 heterocycles. The Morgan fingerprint density at radius 2 is 1.66 bits per heavy atom. The molecule has 0 aromatic heterocycles. The van der Waals surface area contributed by atoms with Crippen LogP contribution in [0.15, 0.2) is 53.4 Å². The number of hydrogen-bond donors (Lipinski definition) is 2. The van der Waals surface area contributed by atoms with Gasteiger partial charge in [-0.25, -0.2) is 8.42 Å². The molecule has 8 nitrogen and oxygen atoms in total. The molecule has 0 aliphatic carbocycles. The number of benzene rings is 2. The molecule has 2 rings (SSSR count). The van der Waals surface area contributed by atoms with Crippen LogP contribution in [-0.2, 0) is 14.8 Å². The maximum Gasteiger partial charge on any atom is 0.321 e. The number of hydrogen-bond acceptors (Lipinski definition) is 6. The summed E-state index contributed by atoms with van der Waals surface area (Å²) in [6.45, 7) is 1.22. The molecule has 0 amide bonds. The van der Waals surface area contributed by atoms with E-state index in [1.807, 2.05) is 4.72 Å². The molecular weight excluding hydrogens is 398 g/mol. The minimum Gasteiger partial charge on any atom is -0.493 e. The van der Waals surface area contributed by atoms with Crippen LogP contribution in [0.25, 0.3) is 6.08 Å². The Morgan fingerprint density at radius 1 is 1.03 bits per heavy atom. The third kappa shape index (κ3) is 5.66. The highest BCUT2D eigenvalue weighted by atomic mass is 32.2. The molecule has 2 aromatic carbocycles. The minimum atomic E-state index is -4.00. The third-order valence-corrected chi connectivity index (χ3v) is 5.54. The lowest BCUT2D eigenvalue weighted by molar-refractivity contribution is -0.138. The molecule has 0 saturated carbocycles. The molecule has 154 valence electrons. The van der Waals surface area contributed by atoms with Crippen LogP contribution in [-0.4, -0.2) is 45.5 Å². The first kappa shape index (κ1) is 22.1. The third-order valence-electron chi connectivity index (χ3n) is 3.99. The second kappa shape index (κ2) is 9.35. The van der Waals surface area contributed by atoms with Gasteiger partial charge in [0.05, 0.1) is 19.1 Å². The normalized spacial score (nSPS) is 12.5. The number of sulfonamides is 1. The van der Waals surface area contributed by atoms with Gasteiger partial charge < -0.3 is 14.6 Å². The number of allylic oxidation sites excluding steroid dienone is 1. The molecule has 9 heteroatoms. The van der Waals surface area contributed by atoms with Crippen LogP contribution in [0, 0.1) is 0 Å². The summed E-state index contributed by atoms with van der Waals surface area (Å²) < 4.78 is 36.7. The summed E-state index contributed by atoms with van der Waals surface area (Å²) in [7, 11) is -0.964. The molecule has 2 N–H and O–H groups in total. The Morgan fingerprint density at radius 3 is 2.21 bits per heavy atom. The molecule has 0 bridgehead atoms. The number of rotatable bonds is 9. The van der Waals surface area contributed by atoms with Crippen LogP contribution in [0.1, 0.15) is 22.8 Å². The Kier molecular flexibility index (Phi) is 7.13. The average molecular weight is 419 g/mol. The number of aliphatic carboxylic acids is 1. The first-order valence-corrected chi connectivity index (χ1v) is 9.96. The smallest absolute Gasteiger partial charge is 0.321 e. The Balaban J connectivity index is 2.15. The van der Waals surface area contributed by atoms with E-state index >= 15 is 0 Å². The number of carbonyl (C=O) groups is 2. The lowest BCUT2D eigenvalue weighted by Gasteiger charge is -2.10. The van der Waals surface area contributed by atoms with Crippen molar-refractivity contribution >= 4 is 27.9 Å². The van der Waals surface area contributed by atoms with Crippen LogP contribution in [0.5, 0.6) is 11.5 Å². The van der Waals surface area contributed by atoms with Gasteiger partial charge in [-0.3, -0.25) is 9.59 Å². The molecule has 0 radical (unpaired) electrons. The summed E-state index contributed by atoms with van der Waals surface area (Å²) >= 11 is 0.